The summed E-state index contributed by atoms with van der Waals surface area (Å²) in [6.45, 7) is 3.68. The second kappa shape index (κ2) is 10.2. The lowest BCUT2D eigenvalue weighted by atomic mass is 10.1. The van der Waals surface area contributed by atoms with Crippen LogP contribution in [0.1, 0.15) is 28.6 Å². The summed E-state index contributed by atoms with van der Waals surface area (Å²) in [6.07, 6.45) is 1.58. The fraction of sp³-hybridized carbons (Fsp3) is 0.115. The van der Waals surface area contributed by atoms with Gasteiger partial charge in [-0.05, 0) is 68.5 Å². The van der Waals surface area contributed by atoms with Gasteiger partial charge in [0.05, 0.1) is 11.5 Å². The lowest BCUT2D eigenvalue weighted by molar-refractivity contribution is -0.138. The molecular weight excluding hydrogens is 474 g/mol. The van der Waals surface area contributed by atoms with Crippen molar-refractivity contribution in [1.82, 2.24) is 0 Å². The molecule has 0 unspecified atom stereocenters. The Morgan fingerprint density at radius 2 is 1.79 bits per heavy atom. The summed E-state index contributed by atoms with van der Waals surface area (Å²) in [7, 11) is 0. The summed E-state index contributed by atoms with van der Waals surface area (Å²) in [5.74, 6) is -0.533. The average molecular weight is 494 g/mol. The van der Waals surface area contributed by atoms with Crippen molar-refractivity contribution >= 4 is 46.4 Å². The fourth-order valence-corrected chi connectivity index (χ4v) is 4.29. The first kappa shape index (κ1) is 23.6. The highest BCUT2D eigenvalue weighted by Gasteiger charge is 2.34. The molecule has 0 fully saturated rings. The Kier molecular flexibility index (Phi) is 7.05. The number of hydrogen-bond acceptors (Lipinski definition) is 6. The Labute approximate surface area is 205 Å². The molecular formula is C26H20ClNO5S. The summed E-state index contributed by atoms with van der Waals surface area (Å²) in [6, 6.07) is 17.6. The first-order valence-corrected chi connectivity index (χ1v) is 11.6. The van der Waals surface area contributed by atoms with E-state index in [1.165, 1.54) is 0 Å². The third-order valence-corrected chi connectivity index (χ3v) is 6.17. The van der Waals surface area contributed by atoms with Crippen LogP contribution in [-0.4, -0.2) is 28.6 Å². The molecule has 1 aliphatic heterocycles. The number of aryl methyl sites for hydroxylation is 1. The highest BCUT2D eigenvalue weighted by atomic mass is 35.5. The second-order valence-electron chi connectivity index (χ2n) is 7.35. The second-order valence-corrected chi connectivity index (χ2v) is 8.82. The molecule has 4 rings (SSSR count). The number of carbonyl (C=O) groups excluding carboxylic acids is 2. The monoisotopic (exact) mass is 493 g/mol. The lowest BCUT2D eigenvalue weighted by Gasteiger charge is -2.03. The van der Waals surface area contributed by atoms with E-state index in [4.69, 9.17) is 20.8 Å². The third-order valence-electron chi connectivity index (χ3n) is 4.90. The van der Waals surface area contributed by atoms with E-state index in [0.717, 1.165) is 22.9 Å². The van der Waals surface area contributed by atoms with E-state index in [0.29, 0.717) is 27.0 Å². The zero-order chi connectivity index (χ0) is 24.2. The Morgan fingerprint density at radius 3 is 2.47 bits per heavy atom. The van der Waals surface area contributed by atoms with E-state index in [1.54, 1.807) is 61.5 Å². The molecule has 0 atom stereocenters. The third kappa shape index (κ3) is 5.16. The van der Waals surface area contributed by atoms with Gasteiger partial charge in [-0.3, -0.25) is 4.79 Å². The molecule has 0 aliphatic carbocycles. The highest BCUT2D eigenvalue weighted by Crippen LogP contribution is 2.40. The maximum atomic E-state index is 12.7. The van der Waals surface area contributed by atoms with Crippen molar-refractivity contribution in [1.29, 1.82) is 0 Å². The molecule has 0 radical (unpaired) electrons. The Bertz CT molecular complexity index is 1330. The highest BCUT2D eigenvalue weighted by molar-refractivity contribution is 8.18. The van der Waals surface area contributed by atoms with Gasteiger partial charge in [-0.2, -0.15) is 0 Å². The van der Waals surface area contributed by atoms with Crippen LogP contribution >= 0.6 is 23.4 Å². The first-order valence-electron chi connectivity index (χ1n) is 10.4. The number of hydrogen-bond donors (Lipinski definition) is 1. The standard InChI is InChI=1S/C26H20ClNO5S/c1-3-32-26(31)22-23(29)21(34-25(22)28-24(30)17-6-4-15(2)5-7-17)14-19-12-13-20(33-19)16-8-10-18(27)11-9-16/h4-14,29H,3H2,1-2H3. The van der Waals surface area contributed by atoms with Crippen molar-refractivity contribution in [2.75, 3.05) is 6.61 Å². The smallest absolute Gasteiger partial charge is 0.344 e. The molecule has 172 valence electrons. The van der Waals surface area contributed by atoms with Gasteiger partial charge < -0.3 is 14.3 Å². The van der Waals surface area contributed by atoms with Gasteiger partial charge >= 0.3 is 5.97 Å². The zero-order valence-electron chi connectivity index (χ0n) is 18.4. The maximum Gasteiger partial charge on any atom is 0.344 e. The topological polar surface area (TPSA) is 89.1 Å². The van der Waals surface area contributed by atoms with E-state index in [-0.39, 0.29) is 23.0 Å². The molecule has 0 spiro atoms. The van der Waals surface area contributed by atoms with E-state index in [2.05, 4.69) is 4.99 Å². The minimum Gasteiger partial charge on any atom is -0.506 e. The minimum atomic E-state index is -0.757. The van der Waals surface area contributed by atoms with Crippen molar-refractivity contribution in [3.05, 3.63) is 98.8 Å². The summed E-state index contributed by atoms with van der Waals surface area (Å²) in [5.41, 5.74) is 2.07. The normalized spacial score (nSPS) is 15.9. The summed E-state index contributed by atoms with van der Waals surface area (Å²) < 4.78 is 10.9. The van der Waals surface area contributed by atoms with Crippen molar-refractivity contribution in [3.8, 4) is 11.3 Å². The minimum absolute atomic E-state index is 0.0669. The van der Waals surface area contributed by atoms with Crippen molar-refractivity contribution in [3.63, 3.8) is 0 Å². The van der Waals surface area contributed by atoms with Crippen LogP contribution in [-0.2, 0) is 9.53 Å². The van der Waals surface area contributed by atoms with Crippen LogP contribution in [0, 0.1) is 6.92 Å². The van der Waals surface area contributed by atoms with Gasteiger partial charge in [-0.1, -0.05) is 41.1 Å². The van der Waals surface area contributed by atoms with Crippen LogP contribution in [0.4, 0.5) is 0 Å². The molecule has 6 nitrogen and oxygen atoms in total. The Hall–Kier alpha value is -3.55. The lowest BCUT2D eigenvalue weighted by Crippen LogP contribution is -2.14. The number of rotatable bonds is 5. The average Bonchev–Trinajstić information content (AvgIpc) is 3.39. The van der Waals surface area contributed by atoms with E-state index in [9.17, 15) is 14.7 Å². The van der Waals surface area contributed by atoms with Gasteiger partial charge in [0, 0.05) is 16.1 Å². The maximum absolute atomic E-state index is 12.7. The molecule has 0 saturated carbocycles. The number of nitrogens with zero attached hydrogens (tertiary/aromatic N) is 1. The molecule has 3 aromatic rings. The number of aliphatic imine (C=N–C) groups is 1. The fourth-order valence-electron chi connectivity index (χ4n) is 3.17. The van der Waals surface area contributed by atoms with Gasteiger partial charge in [-0.25, -0.2) is 9.79 Å². The van der Waals surface area contributed by atoms with Crippen LogP contribution < -0.4 is 0 Å². The number of halogens is 1. The van der Waals surface area contributed by atoms with Crippen LogP contribution in [0.15, 0.2) is 86.3 Å². The van der Waals surface area contributed by atoms with E-state index in [1.807, 2.05) is 19.1 Å². The number of ether oxygens (including phenoxy) is 1. The predicted molar refractivity (Wildman–Crippen MR) is 134 cm³/mol. The predicted octanol–water partition coefficient (Wildman–Crippen LogP) is 6.61. The van der Waals surface area contributed by atoms with E-state index >= 15 is 0 Å². The number of carbonyl (C=O) groups is 2. The van der Waals surface area contributed by atoms with Crippen LogP contribution in [0.25, 0.3) is 17.4 Å². The molecule has 1 amide bonds. The van der Waals surface area contributed by atoms with E-state index < -0.39 is 11.9 Å². The van der Waals surface area contributed by atoms with Gasteiger partial charge in [0.1, 0.15) is 27.9 Å². The molecule has 1 aliphatic rings. The quantitative estimate of drug-likeness (QED) is 0.402. The first-order chi connectivity index (χ1) is 16.4. The van der Waals surface area contributed by atoms with Crippen LogP contribution in [0.3, 0.4) is 0 Å². The number of benzene rings is 2. The summed E-state index contributed by atoms with van der Waals surface area (Å²) in [4.78, 5) is 29.6. The van der Waals surface area contributed by atoms with Crippen molar-refractivity contribution in [2.24, 2.45) is 4.99 Å². The van der Waals surface area contributed by atoms with Crippen LogP contribution in [0.2, 0.25) is 5.02 Å². The molecule has 1 N–H and O–H groups in total. The van der Waals surface area contributed by atoms with Crippen LogP contribution in [0.5, 0.6) is 0 Å². The summed E-state index contributed by atoms with van der Waals surface area (Å²) >= 11 is 6.94. The molecule has 1 aromatic heterocycles. The molecule has 34 heavy (non-hydrogen) atoms. The van der Waals surface area contributed by atoms with Gasteiger partial charge in [-0.15, -0.1) is 0 Å². The van der Waals surface area contributed by atoms with Crippen molar-refractivity contribution in [2.45, 2.75) is 13.8 Å². The Balaban J connectivity index is 1.67. The number of esters is 1. The Morgan fingerprint density at radius 1 is 1.09 bits per heavy atom. The molecule has 2 heterocycles. The van der Waals surface area contributed by atoms with Gasteiger partial charge in [0.2, 0.25) is 0 Å². The summed E-state index contributed by atoms with van der Waals surface area (Å²) in [5, 5.41) is 11.5. The van der Waals surface area contributed by atoms with Crippen molar-refractivity contribution < 1.29 is 23.8 Å². The number of aliphatic hydroxyl groups excluding tert-OH is 1. The molecule has 0 bridgehead atoms. The molecule has 0 saturated heterocycles. The molecule has 2 aromatic carbocycles. The SMILES string of the molecule is CCOC(=O)C1=C(O)C(=Cc2ccc(-c3ccc(Cl)cc3)o2)SC1=NC(=O)c1ccc(C)cc1. The number of aliphatic hydroxyl groups is 1. The molecule has 8 heteroatoms. The zero-order valence-corrected chi connectivity index (χ0v) is 19.9. The number of furan rings is 1. The van der Waals surface area contributed by atoms with Gasteiger partial charge in [0.25, 0.3) is 5.91 Å². The largest absolute Gasteiger partial charge is 0.506 e. The van der Waals surface area contributed by atoms with Gasteiger partial charge in [0.15, 0.2) is 0 Å². The number of amides is 1. The number of thioether (sulfide) groups is 1.